The van der Waals surface area contributed by atoms with E-state index in [2.05, 4.69) is 22.6 Å². The maximum Gasteiger partial charge on any atom is 0.220 e. The number of benzene rings is 1. The summed E-state index contributed by atoms with van der Waals surface area (Å²) in [6.07, 6.45) is 0. The van der Waals surface area contributed by atoms with Gasteiger partial charge in [0.2, 0.25) is 5.90 Å². The molecule has 0 aliphatic carbocycles. The maximum absolute atomic E-state index is 7.56. The molecule has 1 aromatic rings. The Morgan fingerprint density at radius 2 is 2.00 bits per heavy atom. The summed E-state index contributed by atoms with van der Waals surface area (Å²) in [7, 11) is 0. The number of hydrogen-bond donors (Lipinski definition) is 2. The summed E-state index contributed by atoms with van der Waals surface area (Å²) in [6, 6.07) is 5.64. The minimum atomic E-state index is 0.0235. The van der Waals surface area contributed by atoms with Crippen molar-refractivity contribution in [3.8, 4) is 0 Å². The minimum absolute atomic E-state index is 0.0235. The highest BCUT2D eigenvalue weighted by atomic mass is 127. The Labute approximate surface area is 96.6 Å². The first-order chi connectivity index (χ1) is 6.50. The maximum atomic E-state index is 7.56. The molecule has 3 nitrogen and oxygen atoms in total. The number of rotatable bonds is 1. The number of ether oxygens (including phenoxy) is 1. The third kappa shape index (κ3) is 2.80. The summed E-state index contributed by atoms with van der Waals surface area (Å²) in [5.74, 6) is 0.0565. The first-order valence-electron chi connectivity index (χ1n) is 4.09. The largest absolute Gasteiger partial charge is 0.426 e. The SMILES string of the molecule is CC(=N)OC(=N)c1ccc(C)c(I)c1. The van der Waals surface area contributed by atoms with Crippen LogP contribution in [0.1, 0.15) is 18.1 Å². The molecule has 74 valence electrons. The Kier molecular flexibility index (Phi) is 3.62. The Morgan fingerprint density at radius 3 is 2.50 bits per heavy atom. The summed E-state index contributed by atoms with van der Waals surface area (Å²) >= 11 is 2.21. The van der Waals surface area contributed by atoms with Gasteiger partial charge in [-0.2, -0.15) is 0 Å². The lowest BCUT2D eigenvalue weighted by Gasteiger charge is -2.06. The van der Waals surface area contributed by atoms with Gasteiger partial charge in [0.25, 0.3) is 0 Å². The molecular formula is C10H11IN2O. The van der Waals surface area contributed by atoms with Gasteiger partial charge in [0.1, 0.15) is 0 Å². The van der Waals surface area contributed by atoms with E-state index in [1.54, 1.807) is 0 Å². The van der Waals surface area contributed by atoms with Crippen molar-refractivity contribution in [2.45, 2.75) is 13.8 Å². The molecule has 4 heteroatoms. The molecule has 1 rings (SSSR count). The molecular weight excluding hydrogens is 291 g/mol. The van der Waals surface area contributed by atoms with Gasteiger partial charge in [0.15, 0.2) is 5.90 Å². The number of hydrogen-bond acceptors (Lipinski definition) is 3. The normalized spacial score (nSPS) is 9.64. The molecule has 0 aromatic heterocycles. The Morgan fingerprint density at radius 1 is 1.36 bits per heavy atom. The molecule has 0 spiro atoms. The van der Waals surface area contributed by atoms with Crippen LogP contribution < -0.4 is 0 Å². The molecule has 0 saturated heterocycles. The van der Waals surface area contributed by atoms with Crippen LogP contribution in [0.4, 0.5) is 0 Å². The van der Waals surface area contributed by atoms with E-state index in [9.17, 15) is 0 Å². The summed E-state index contributed by atoms with van der Waals surface area (Å²) < 4.78 is 5.99. The molecule has 0 heterocycles. The van der Waals surface area contributed by atoms with Crippen LogP contribution in [0.15, 0.2) is 18.2 Å². The lowest BCUT2D eigenvalue weighted by atomic mass is 10.1. The summed E-state index contributed by atoms with van der Waals surface area (Å²) in [4.78, 5) is 0. The van der Waals surface area contributed by atoms with E-state index in [1.807, 2.05) is 25.1 Å². The van der Waals surface area contributed by atoms with Gasteiger partial charge in [-0.25, -0.2) is 0 Å². The first kappa shape index (κ1) is 11.2. The van der Waals surface area contributed by atoms with Crippen LogP contribution in [-0.2, 0) is 4.74 Å². The fourth-order valence-electron chi connectivity index (χ4n) is 0.946. The molecule has 0 atom stereocenters. The van der Waals surface area contributed by atoms with Crippen molar-refractivity contribution in [2.75, 3.05) is 0 Å². The molecule has 14 heavy (non-hydrogen) atoms. The van der Waals surface area contributed by atoms with Gasteiger partial charge >= 0.3 is 0 Å². The molecule has 0 fully saturated rings. The highest BCUT2D eigenvalue weighted by Crippen LogP contribution is 2.14. The fourth-order valence-corrected chi connectivity index (χ4v) is 1.46. The van der Waals surface area contributed by atoms with E-state index in [4.69, 9.17) is 15.6 Å². The molecule has 0 aliphatic heterocycles. The Bertz CT molecular complexity index is 388. The first-order valence-corrected chi connectivity index (χ1v) is 5.16. The van der Waals surface area contributed by atoms with Crippen LogP contribution in [0.3, 0.4) is 0 Å². The second-order valence-electron chi connectivity index (χ2n) is 2.95. The third-order valence-corrected chi connectivity index (χ3v) is 2.85. The van der Waals surface area contributed by atoms with Gasteiger partial charge in [-0.05, 0) is 47.2 Å². The van der Waals surface area contributed by atoms with Crippen molar-refractivity contribution < 1.29 is 4.74 Å². The van der Waals surface area contributed by atoms with Crippen molar-refractivity contribution in [1.82, 2.24) is 0 Å². The number of nitrogens with one attached hydrogen (secondary N) is 2. The zero-order valence-electron chi connectivity index (χ0n) is 8.02. The van der Waals surface area contributed by atoms with Gasteiger partial charge in [0.05, 0.1) is 0 Å². The van der Waals surface area contributed by atoms with Crippen molar-refractivity contribution >= 4 is 34.4 Å². The molecule has 0 aliphatic rings. The average Bonchev–Trinajstić information content (AvgIpc) is 2.08. The highest BCUT2D eigenvalue weighted by molar-refractivity contribution is 14.1. The molecule has 0 unspecified atom stereocenters. The van der Waals surface area contributed by atoms with Crippen LogP contribution in [0.2, 0.25) is 0 Å². The van der Waals surface area contributed by atoms with E-state index < -0.39 is 0 Å². The zero-order chi connectivity index (χ0) is 10.7. The van der Waals surface area contributed by atoms with E-state index in [-0.39, 0.29) is 11.8 Å². The van der Waals surface area contributed by atoms with Crippen LogP contribution in [-0.4, -0.2) is 11.8 Å². The van der Waals surface area contributed by atoms with Crippen LogP contribution in [0.25, 0.3) is 0 Å². The van der Waals surface area contributed by atoms with E-state index in [1.165, 1.54) is 12.5 Å². The van der Waals surface area contributed by atoms with Gasteiger partial charge in [-0.15, -0.1) is 0 Å². The van der Waals surface area contributed by atoms with Crippen molar-refractivity contribution in [3.63, 3.8) is 0 Å². The third-order valence-electron chi connectivity index (χ3n) is 1.69. The number of aryl methyl sites for hydroxylation is 1. The average molecular weight is 302 g/mol. The molecule has 0 radical (unpaired) electrons. The van der Waals surface area contributed by atoms with Crippen LogP contribution in [0.5, 0.6) is 0 Å². The quantitative estimate of drug-likeness (QED) is 0.468. The van der Waals surface area contributed by atoms with E-state index in [0.29, 0.717) is 5.56 Å². The smallest absolute Gasteiger partial charge is 0.220 e. The van der Waals surface area contributed by atoms with Crippen LogP contribution in [0, 0.1) is 21.3 Å². The second kappa shape index (κ2) is 4.54. The fraction of sp³-hybridized carbons (Fsp3) is 0.200. The summed E-state index contributed by atoms with van der Waals surface area (Å²) in [5, 5.41) is 14.7. The minimum Gasteiger partial charge on any atom is -0.426 e. The van der Waals surface area contributed by atoms with Gasteiger partial charge in [-0.3, -0.25) is 10.8 Å². The van der Waals surface area contributed by atoms with E-state index >= 15 is 0 Å². The Hall–Kier alpha value is -0.910. The summed E-state index contributed by atoms with van der Waals surface area (Å²) in [5.41, 5.74) is 1.88. The number of halogens is 1. The van der Waals surface area contributed by atoms with E-state index in [0.717, 1.165) is 3.57 Å². The van der Waals surface area contributed by atoms with Crippen molar-refractivity contribution in [3.05, 3.63) is 32.9 Å². The second-order valence-corrected chi connectivity index (χ2v) is 4.11. The molecule has 0 amide bonds. The predicted molar refractivity (Wildman–Crippen MR) is 65.2 cm³/mol. The predicted octanol–water partition coefficient (Wildman–Crippen LogP) is 2.94. The van der Waals surface area contributed by atoms with Gasteiger partial charge in [-0.1, -0.05) is 6.07 Å². The lowest BCUT2D eigenvalue weighted by Crippen LogP contribution is -2.09. The van der Waals surface area contributed by atoms with Crippen LogP contribution >= 0.6 is 22.6 Å². The van der Waals surface area contributed by atoms with Gasteiger partial charge < -0.3 is 4.74 Å². The zero-order valence-corrected chi connectivity index (χ0v) is 10.2. The Balaban J connectivity index is 2.91. The highest BCUT2D eigenvalue weighted by Gasteiger charge is 2.05. The molecule has 0 bridgehead atoms. The molecule has 2 N–H and O–H groups in total. The lowest BCUT2D eigenvalue weighted by molar-refractivity contribution is 0.532. The monoisotopic (exact) mass is 302 g/mol. The topological polar surface area (TPSA) is 56.9 Å². The van der Waals surface area contributed by atoms with Crippen molar-refractivity contribution in [2.24, 2.45) is 0 Å². The standard InChI is InChI=1S/C10H11IN2O/c1-6-3-4-8(5-9(6)11)10(13)14-7(2)12/h3-5,12-13H,1-2H3. The summed E-state index contributed by atoms with van der Waals surface area (Å²) in [6.45, 7) is 3.52. The molecule has 1 aromatic carbocycles. The van der Waals surface area contributed by atoms with Gasteiger partial charge in [0, 0.05) is 16.1 Å². The molecule has 0 saturated carbocycles. The van der Waals surface area contributed by atoms with Crippen molar-refractivity contribution in [1.29, 1.82) is 10.8 Å².